The molecule has 2 rings (SSSR count). The third-order valence-electron chi connectivity index (χ3n) is 2.87. The molecule has 0 fully saturated rings. The molecule has 0 spiro atoms. The van der Waals surface area contributed by atoms with Crippen molar-refractivity contribution in [3.8, 4) is 22.8 Å². The van der Waals surface area contributed by atoms with Crippen LogP contribution in [0.5, 0.6) is 11.5 Å². The van der Waals surface area contributed by atoms with Crippen LogP contribution >= 0.6 is 0 Å². The van der Waals surface area contributed by atoms with E-state index in [2.05, 4.69) is 4.98 Å². The Morgan fingerprint density at radius 3 is 2.56 bits per heavy atom. The van der Waals surface area contributed by atoms with Gasteiger partial charge in [0.1, 0.15) is 11.5 Å². The van der Waals surface area contributed by atoms with Crippen LogP contribution in [-0.2, 0) is 0 Å². The number of nitrogens with zero attached hydrogens (tertiary/aromatic N) is 1. The first-order valence-electron chi connectivity index (χ1n) is 5.61. The maximum absolute atomic E-state index is 6.07. The molecular weight excluding hydrogens is 228 g/mol. The van der Waals surface area contributed by atoms with E-state index >= 15 is 0 Å². The van der Waals surface area contributed by atoms with E-state index in [1.807, 2.05) is 31.2 Å². The molecule has 0 atom stereocenters. The number of aromatic nitrogens is 1. The van der Waals surface area contributed by atoms with Crippen molar-refractivity contribution in [1.29, 1.82) is 0 Å². The molecule has 0 unspecified atom stereocenters. The highest BCUT2D eigenvalue weighted by Crippen LogP contribution is 2.35. The van der Waals surface area contributed by atoms with Crippen molar-refractivity contribution in [3.63, 3.8) is 0 Å². The van der Waals surface area contributed by atoms with Gasteiger partial charge in [0, 0.05) is 11.8 Å². The summed E-state index contributed by atoms with van der Waals surface area (Å²) in [5.41, 5.74) is 9.26. The first-order chi connectivity index (χ1) is 8.67. The first-order valence-corrected chi connectivity index (χ1v) is 5.61. The fraction of sp³-hybridized carbons (Fsp3) is 0.214. The molecule has 2 aromatic rings. The Hall–Kier alpha value is -2.23. The Labute approximate surface area is 106 Å². The predicted molar refractivity (Wildman–Crippen MR) is 71.9 cm³/mol. The number of methoxy groups -OCH3 is 2. The van der Waals surface area contributed by atoms with Crippen LogP contribution in [0, 0.1) is 6.92 Å². The number of pyridine rings is 1. The number of benzene rings is 1. The average molecular weight is 244 g/mol. The van der Waals surface area contributed by atoms with Crippen LogP contribution < -0.4 is 15.2 Å². The Morgan fingerprint density at radius 2 is 1.89 bits per heavy atom. The van der Waals surface area contributed by atoms with E-state index < -0.39 is 0 Å². The van der Waals surface area contributed by atoms with E-state index in [0.29, 0.717) is 11.4 Å². The zero-order valence-electron chi connectivity index (χ0n) is 10.7. The SMILES string of the molecule is COc1ccc(OC)c(-c2nccc(C)c2N)c1. The summed E-state index contributed by atoms with van der Waals surface area (Å²) in [6, 6.07) is 7.44. The number of rotatable bonds is 3. The average Bonchev–Trinajstić information content (AvgIpc) is 2.41. The van der Waals surface area contributed by atoms with Crippen molar-refractivity contribution < 1.29 is 9.47 Å². The van der Waals surface area contributed by atoms with Gasteiger partial charge in [-0.25, -0.2) is 0 Å². The van der Waals surface area contributed by atoms with E-state index in [1.54, 1.807) is 20.4 Å². The van der Waals surface area contributed by atoms with Crippen LogP contribution in [0.15, 0.2) is 30.5 Å². The summed E-state index contributed by atoms with van der Waals surface area (Å²) in [4.78, 5) is 4.33. The van der Waals surface area contributed by atoms with Gasteiger partial charge in [-0.05, 0) is 36.8 Å². The quantitative estimate of drug-likeness (QED) is 0.901. The number of hydrogen-bond donors (Lipinski definition) is 1. The summed E-state index contributed by atoms with van der Waals surface area (Å²) in [6.07, 6.45) is 1.74. The first kappa shape index (κ1) is 12.2. The largest absolute Gasteiger partial charge is 0.497 e. The molecule has 1 aromatic heterocycles. The maximum Gasteiger partial charge on any atom is 0.128 e. The number of nitrogens with two attached hydrogens (primary N) is 1. The third-order valence-corrected chi connectivity index (χ3v) is 2.87. The zero-order valence-corrected chi connectivity index (χ0v) is 10.7. The molecule has 0 aliphatic heterocycles. The van der Waals surface area contributed by atoms with Crippen molar-refractivity contribution in [2.24, 2.45) is 0 Å². The number of aryl methyl sites for hydroxylation is 1. The molecule has 0 bridgehead atoms. The Kier molecular flexibility index (Phi) is 3.37. The van der Waals surface area contributed by atoms with Crippen LogP contribution in [-0.4, -0.2) is 19.2 Å². The summed E-state index contributed by atoms with van der Waals surface area (Å²) in [7, 11) is 3.25. The minimum atomic E-state index is 0.657. The smallest absolute Gasteiger partial charge is 0.128 e. The van der Waals surface area contributed by atoms with Gasteiger partial charge in [0.05, 0.1) is 25.6 Å². The predicted octanol–water partition coefficient (Wildman–Crippen LogP) is 2.66. The number of ether oxygens (including phenoxy) is 2. The summed E-state index contributed by atoms with van der Waals surface area (Å²) in [5.74, 6) is 1.47. The fourth-order valence-electron chi connectivity index (χ4n) is 1.78. The van der Waals surface area contributed by atoms with E-state index in [1.165, 1.54) is 0 Å². The van der Waals surface area contributed by atoms with Crippen molar-refractivity contribution in [2.45, 2.75) is 6.92 Å². The molecule has 0 saturated heterocycles. The highest BCUT2D eigenvalue weighted by Gasteiger charge is 2.12. The summed E-state index contributed by atoms with van der Waals surface area (Å²) in [5, 5.41) is 0. The second-order valence-corrected chi connectivity index (χ2v) is 3.96. The maximum atomic E-state index is 6.07. The zero-order chi connectivity index (χ0) is 13.1. The molecule has 94 valence electrons. The second kappa shape index (κ2) is 4.96. The number of nitrogen functional groups attached to an aromatic ring is 1. The minimum absolute atomic E-state index is 0.657. The Bertz CT molecular complexity index is 568. The van der Waals surface area contributed by atoms with E-state index in [0.717, 1.165) is 22.6 Å². The fourth-order valence-corrected chi connectivity index (χ4v) is 1.78. The van der Waals surface area contributed by atoms with E-state index in [4.69, 9.17) is 15.2 Å². The van der Waals surface area contributed by atoms with E-state index in [9.17, 15) is 0 Å². The molecular formula is C14H16N2O2. The summed E-state index contributed by atoms with van der Waals surface area (Å²) >= 11 is 0. The van der Waals surface area contributed by atoms with Gasteiger partial charge in [0.2, 0.25) is 0 Å². The summed E-state index contributed by atoms with van der Waals surface area (Å²) in [6.45, 7) is 1.95. The molecule has 18 heavy (non-hydrogen) atoms. The Balaban J connectivity index is 2.64. The number of hydrogen-bond acceptors (Lipinski definition) is 4. The number of anilines is 1. The van der Waals surface area contributed by atoms with Crippen LogP contribution in [0.4, 0.5) is 5.69 Å². The van der Waals surface area contributed by atoms with Gasteiger partial charge < -0.3 is 15.2 Å². The lowest BCUT2D eigenvalue weighted by Crippen LogP contribution is -1.98. The van der Waals surface area contributed by atoms with Gasteiger partial charge in [0.15, 0.2) is 0 Å². The molecule has 1 heterocycles. The normalized spacial score (nSPS) is 10.2. The highest BCUT2D eigenvalue weighted by molar-refractivity contribution is 5.79. The third kappa shape index (κ3) is 2.09. The molecule has 4 nitrogen and oxygen atoms in total. The van der Waals surface area contributed by atoms with Crippen molar-refractivity contribution in [1.82, 2.24) is 4.98 Å². The van der Waals surface area contributed by atoms with Crippen molar-refractivity contribution >= 4 is 5.69 Å². The lowest BCUT2D eigenvalue weighted by Gasteiger charge is -2.12. The van der Waals surface area contributed by atoms with Crippen LogP contribution in [0.3, 0.4) is 0 Å². The molecule has 4 heteroatoms. The molecule has 0 aliphatic carbocycles. The lowest BCUT2D eigenvalue weighted by atomic mass is 10.1. The van der Waals surface area contributed by atoms with E-state index in [-0.39, 0.29) is 0 Å². The molecule has 0 aliphatic rings. The van der Waals surface area contributed by atoms with Crippen LogP contribution in [0.1, 0.15) is 5.56 Å². The molecule has 1 aromatic carbocycles. The molecule has 0 saturated carbocycles. The van der Waals surface area contributed by atoms with Crippen molar-refractivity contribution in [3.05, 3.63) is 36.0 Å². The standard InChI is InChI=1S/C14H16N2O2/c1-9-6-7-16-14(13(9)15)11-8-10(17-2)4-5-12(11)18-3/h4-8H,15H2,1-3H3. The molecule has 0 radical (unpaired) electrons. The second-order valence-electron chi connectivity index (χ2n) is 3.96. The van der Waals surface area contributed by atoms with Gasteiger partial charge in [-0.2, -0.15) is 0 Å². The van der Waals surface area contributed by atoms with Crippen molar-refractivity contribution in [2.75, 3.05) is 20.0 Å². The van der Waals surface area contributed by atoms with Gasteiger partial charge in [0.25, 0.3) is 0 Å². The van der Waals surface area contributed by atoms with Gasteiger partial charge >= 0.3 is 0 Å². The molecule has 0 amide bonds. The highest BCUT2D eigenvalue weighted by atomic mass is 16.5. The summed E-state index contributed by atoms with van der Waals surface area (Å²) < 4.78 is 10.6. The Morgan fingerprint density at radius 1 is 1.11 bits per heavy atom. The lowest BCUT2D eigenvalue weighted by molar-refractivity contribution is 0.404. The van der Waals surface area contributed by atoms with Crippen LogP contribution in [0.25, 0.3) is 11.3 Å². The van der Waals surface area contributed by atoms with Crippen LogP contribution in [0.2, 0.25) is 0 Å². The monoisotopic (exact) mass is 244 g/mol. The molecule has 2 N–H and O–H groups in total. The topological polar surface area (TPSA) is 57.4 Å². The van der Waals surface area contributed by atoms with Gasteiger partial charge in [-0.15, -0.1) is 0 Å². The van der Waals surface area contributed by atoms with Gasteiger partial charge in [-0.3, -0.25) is 4.98 Å². The minimum Gasteiger partial charge on any atom is -0.497 e. The van der Waals surface area contributed by atoms with Gasteiger partial charge in [-0.1, -0.05) is 0 Å².